The fourth-order valence-electron chi connectivity index (χ4n) is 0. The first-order valence-corrected chi connectivity index (χ1v) is 1.89. The highest BCUT2D eigenvalue weighted by atomic mass is 31.1. The molecular formula is C2H6OP+. The van der Waals surface area contributed by atoms with Crippen molar-refractivity contribution in [3.8, 4) is 0 Å². The van der Waals surface area contributed by atoms with Crippen molar-refractivity contribution in [3.05, 3.63) is 0 Å². The molecule has 0 bridgehead atoms. The smallest absolute Gasteiger partial charge is 0.0755 e. The van der Waals surface area contributed by atoms with Crippen molar-refractivity contribution in [2.75, 3.05) is 13.2 Å². The quantitative estimate of drug-likeness (QED) is 0.400. The molecule has 0 spiro atoms. The molecule has 0 saturated heterocycles. The fourth-order valence-corrected chi connectivity index (χ4v) is 0. The summed E-state index contributed by atoms with van der Waals surface area (Å²) in [4.78, 5) is 0. The molecule has 0 unspecified atom stereocenters. The summed E-state index contributed by atoms with van der Waals surface area (Å²) in [6.45, 7) is -5.72. The summed E-state index contributed by atoms with van der Waals surface area (Å²) in [5.74, 6) is 0. The Morgan fingerprint density at radius 1 is 2.00 bits per heavy atom. The molecule has 0 rings (SSSR count). The second-order valence-electron chi connectivity index (χ2n) is 0.294. The van der Waals surface area contributed by atoms with Gasteiger partial charge in [-0.2, -0.15) is 0 Å². The van der Waals surface area contributed by atoms with Crippen LogP contribution in [0.25, 0.3) is 0 Å². The van der Waals surface area contributed by atoms with Crippen LogP contribution in [0.3, 0.4) is 0 Å². The van der Waals surface area contributed by atoms with Crippen LogP contribution in [0.5, 0.6) is 0 Å². The third-order valence-electron chi connectivity index (χ3n) is 0. The van der Waals surface area contributed by atoms with Crippen molar-refractivity contribution < 1.29 is 12.8 Å². The zero-order chi connectivity index (χ0) is 8.58. The van der Waals surface area contributed by atoms with Crippen LogP contribution in [0.4, 0.5) is 0 Å². The average molecular weight is 83.1 g/mol. The molecule has 0 N–H and O–H groups in total. The van der Waals surface area contributed by atoms with Crippen molar-refractivity contribution in [3.63, 3.8) is 0 Å². The van der Waals surface area contributed by atoms with Gasteiger partial charge in [0, 0.05) is 0 Å². The zero-order valence-corrected chi connectivity index (χ0v) is 2.75. The van der Waals surface area contributed by atoms with E-state index < -0.39 is 21.0 Å². The molecule has 0 amide bonds. The molecule has 24 valence electrons. The molecule has 0 aromatic heterocycles. The Labute approximate surface area is 35.2 Å². The molecule has 0 aromatic rings. The molecule has 1 nitrogen and oxygen atoms in total. The standard InChI is InChI=1S/C2H6OP/c1-4(2)3/h1-2H3/q+1/i1D3,2D3. The van der Waals surface area contributed by atoms with Gasteiger partial charge in [0.2, 0.25) is 0 Å². The molecule has 4 heavy (non-hydrogen) atoms. The summed E-state index contributed by atoms with van der Waals surface area (Å²) >= 11 is 0. The van der Waals surface area contributed by atoms with E-state index >= 15 is 0 Å². The minimum Gasteiger partial charge on any atom is -0.0755 e. The Hall–Kier alpha value is 0.100. The second kappa shape index (κ2) is 1.42. The van der Waals surface area contributed by atoms with Crippen LogP contribution in [0.15, 0.2) is 0 Å². The van der Waals surface area contributed by atoms with E-state index in [1.807, 2.05) is 0 Å². The van der Waals surface area contributed by atoms with Crippen LogP contribution in [0.1, 0.15) is 8.22 Å². The van der Waals surface area contributed by atoms with E-state index in [0.29, 0.717) is 0 Å². The maximum Gasteiger partial charge on any atom is 0.332 e. The highest BCUT2D eigenvalue weighted by Crippen LogP contribution is 2.00. The lowest BCUT2D eigenvalue weighted by Crippen LogP contribution is -1.33. The van der Waals surface area contributed by atoms with E-state index in [4.69, 9.17) is 8.22 Å². The molecule has 0 aliphatic rings. The molecule has 0 aliphatic carbocycles. The van der Waals surface area contributed by atoms with Crippen LogP contribution in [-0.4, -0.2) is 13.2 Å². The van der Waals surface area contributed by atoms with Crippen LogP contribution in [0.2, 0.25) is 0 Å². The first-order valence-electron chi connectivity index (χ1n) is 3.63. The van der Waals surface area contributed by atoms with E-state index in [9.17, 15) is 4.57 Å². The van der Waals surface area contributed by atoms with Gasteiger partial charge < -0.3 is 0 Å². The predicted octanol–water partition coefficient (Wildman–Crippen LogP) is 1.07. The van der Waals surface area contributed by atoms with Crippen molar-refractivity contribution in [1.82, 2.24) is 0 Å². The second-order valence-corrected chi connectivity index (χ2v) is 0.883. The summed E-state index contributed by atoms with van der Waals surface area (Å²) < 4.78 is 49.4. The van der Waals surface area contributed by atoms with Crippen LogP contribution in [-0.2, 0) is 4.57 Å². The fraction of sp³-hybridized carbons (Fsp3) is 1.00. The van der Waals surface area contributed by atoms with Gasteiger partial charge in [-0.3, -0.25) is 0 Å². The van der Waals surface area contributed by atoms with Crippen molar-refractivity contribution >= 4 is 7.80 Å². The maximum atomic E-state index is 10.5. The van der Waals surface area contributed by atoms with E-state index in [1.54, 1.807) is 0 Å². The lowest BCUT2D eigenvalue weighted by molar-refractivity contribution is 0.594. The first kappa shape index (κ1) is 0.476. The Balaban J connectivity index is 4.40. The zero-order valence-electron chi connectivity index (χ0n) is 7.86. The largest absolute Gasteiger partial charge is 0.332 e. The first-order chi connectivity index (χ1) is 4.15. The van der Waals surface area contributed by atoms with Gasteiger partial charge in [-0.05, 0) is 0 Å². The highest BCUT2D eigenvalue weighted by Gasteiger charge is 1.80. The number of hydrogen-bond donors (Lipinski definition) is 0. The third kappa shape index (κ3) is 254. The minimum atomic E-state index is -3.11. The van der Waals surface area contributed by atoms with Gasteiger partial charge in [-0.1, -0.05) is 4.57 Å². The summed E-state index contributed by atoms with van der Waals surface area (Å²) in [5.41, 5.74) is 0. The van der Waals surface area contributed by atoms with E-state index in [-0.39, 0.29) is 0 Å². The summed E-state index contributed by atoms with van der Waals surface area (Å²) in [5, 5.41) is 0. The molecule has 0 saturated carbocycles. The lowest BCUT2D eigenvalue weighted by atomic mass is 11.9. The Morgan fingerprint density at radius 3 is 2.50 bits per heavy atom. The van der Waals surface area contributed by atoms with E-state index in [2.05, 4.69) is 0 Å². The molecule has 2 heteroatoms. The molecule has 0 fully saturated rings. The molecule has 0 atom stereocenters. The van der Waals surface area contributed by atoms with Crippen LogP contribution >= 0.6 is 7.80 Å². The molecule has 0 aromatic carbocycles. The third-order valence-corrected chi connectivity index (χ3v) is 0. The lowest BCUT2D eigenvalue weighted by Gasteiger charge is -1.37. The van der Waals surface area contributed by atoms with Crippen molar-refractivity contribution in [2.45, 2.75) is 0 Å². The predicted molar refractivity (Wildman–Crippen MR) is 19.5 cm³/mol. The number of rotatable bonds is 0. The summed E-state index contributed by atoms with van der Waals surface area (Å²) in [6.07, 6.45) is 0. The highest BCUT2D eigenvalue weighted by molar-refractivity contribution is 7.42. The molecule has 0 radical (unpaired) electrons. The Bertz CT molecular complexity index is 127. The minimum absolute atomic E-state index is 2.86. The van der Waals surface area contributed by atoms with Crippen molar-refractivity contribution in [1.29, 1.82) is 0 Å². The topological polar surface area (TPSA) is 17.1 Å². The van der Waals surface area contributed by atoms with Gasteiger partial charge in [0.25, 0.3) is 0 Å². The number of hydrogen-bond acceptors (Lipinski definition) is 1. The molecule has 0 aliphatic heterocycles. The van der Waals surface area contributed by atoms with Gasteiger partial charge in [-0.25, -0.2) is 0 Å². The monoisotopic (exact) mass is 83.1 g/mol. The average Bonchev–Trinajstić information content (AvgIpc) is 1.59. The van der Waals surface area contributed by atoms with E-state index in [0.717, 1.165) is 0 Å². The Morgan fingerprint density at radius 2 is 2.50 bits per heavy atom. The molecule has 0 heterocycles. The molecular weight excluding hydrogens is 71.0 g/mol. The normalized spacial score (nSPS) is 35.0. The summed E-state index contributed by atoms with van der Waals surface area (Å²) in [6, 6.07) is 0. The van der Waals surface area contributed by atoms with Crippen LogP contribution < -0.4 is 0 Å². The van der Waals surface area contributed by atoms with Gasteiger partial charge >= 0.3 is 7.80 Å². The van der Waals surface area contributed by atoms with Gasteiger partial charge in [0.15, 0.2) is 0 Å². The van der Waals surface area contributed by atoms with E-state index in [1.165, 1.54) is 0 Å². The SMILES string of the molecule is [2H]C([2H])([2H])[P+](=O)C([2H])([2H])[2H]. The van der Waals surface area contributed by atoms with Crippen LogP contribution in [0, 0.1) is 0 Å². The van der Waals surface area contributed by atoms with Gasteiger partial charge in [-0.15, -0.1) is 0 Å². The van der Waals surface area contributed by atoms with Gasteiger partial charge in [0.1, 0.15) is 13.2 Å². The van der Waals surface area contributed by atoms with Crippen molar-refractivity contribution in [2.24, 2.45) is 0 Å². The summed E-state index contributed by atoms with van der Waals surface area (Å²) in [7, 11) is -3.11. The van der Waals surface area contributed by atoms with Gasteiger partial charge in [0.05, 0.1) is 8.22 Å². The maximum absolute atomic E-state index is 10.5. The Kier molecular flexibility index (Phi) is 0.169.